The van der Waals surface area contributed by atoms with Crippen molar-refractivity contribution < 1.29 is 29.3 Å². The standard InChI is InChI=1S/C19H21N3O6/c1-21-10-4-9(19(27)28-2)17(21)11-3-8-16(14(24)5-15(25)18(8)26)13(7-23)22(11)12(10)6-20/h5,9-13,17,23-24H,3-4,7H2,1-2H3/t9-,10+,11+,12?,13+,17-/m1/s1. The summed E-state index contributed by atoms with van der Waals surface area (Å²) in [6.07, 6.45) is 1.41. The summed E-state index contributed by atoms with van der Waals surface area (Å²) in [4.78, 5) is 40.6. The fourth-order valence-electron chi connectivity index (χ4n) is 5.55. The average Bonchev–Trinajstić information content (AvgIpc) is 2.93. The molecule has 4 aliphatic rings. The van der Waals surface area contributed by atoms with E-state index in [1.165, 1.54) is 7.11 Å². The Morgan fingerprint density at radius 3 is 2.71 bits per heavy atom. The highest BCUT2D eigenvalue weighted by Crippen LogP contribution is 2.48. The van der Waals surface area contributed by atoms with Crippen LogP contribution in [0.3, 0.4) is 0 Å². The number of allylic oxidation sites excluding steroid dienone is 1. The number of methoxy groups -OCH3 is 1. The van der Waals surface area contributed by atoms with Crippen LogP contribution in [-0.4, -0.2) is 88.5 Å². The lowest BCUT2D eigenvalue weighted by Gasteiger charge is -2.54. The molecule has 0 saturated carbocycles. The van der Waals surface area contributed by atoms with Crippen LogP contribution < -0.4 is 0 Å². The van der Waals surface area contributed by atoms with Gasteiger partial charge in [0.05, 0.1) is 31.7 Å². The smallest absolute Gasteiger partial charge is 0.310 e. The number of ketones is 2. The molecule has 2 saturated heterocycles. The molecule has 0 aromatic rings. The second-order valence-electron chi connectivity index (χ2n) is 7.69. The molecular formula is C19H21N3O6. The maximum Gasteiger partial charge on any atom is 0.310 e. The van der Waals surface area contributed by atoms with Crippen LogP contribution in [0.25, 0.3) is 0 Å². The van der Waals surface area contributed by atoms with Crippen LogP contribution >= 0.6 is 0 Å². The lowest BCUT2D eigenvalue weighted by atomic mass is 9.76. The molecule has 1 unspecified atom stereocenters. The highest BCUT2D eigenvalue weighted by molar-refractivity contribution is 6.48. The third-order valence-corrected chi connectivity index (χ3v) is 6.65. The summed E-state index contributed by atoms with van der Waals surface area (Å²) in [7, 11) is 3.15. The highest BCUT2D eigenvalue weighted by atomic mass is 16.5. The van der Waals surface area contributed by atoms with Gasteiger partial charge in [0.15, 0.2) is 0 Å². The van der Waals surface area contributed by atoms with Gasteiger partial charge in [0.2, 0.25) is 11.6 Å². The van der Waals surface area contributed by atoms with Crippen LogP contribution in [0.2, 0.25) is 0 Å². The van der Waals surface area contributed by atoms with Crippen molar-refractivity contribution in [2.75, 3.05) is 20.8 Å². The van der Waals surface area contributed by atoms with E-state index in [1.54, 1.807) is 0 Å². The van der Waals surface area contributed by atoms with Crippen LogP contribution in [0.15, 0.2) is 23.0 Å². The molecule has 2 bridgehead atoms. The molecule has 2 fully saturated rings. The SMILES string of the molecule is COC(=O)[C@@H]1C[C@H]2C(C#N)N3[C@@H](CO)C4=C(C[C@H]3[C@@H]1N2C)C(=O)C(=O)C=C4O. The first-order valence-electron chi connectivity index (χ1n) is 9.16. The van der Waals surface area contributed by atoms with Crippen molar-refractivity contribution in [1.29, 1.82) is 5.26 Å². The minimum Gasteiger partial charge on any atom is -0.507 e. The summed E-state index contributed by atoms with van der Waals surface area (Å²) in [5.74, 6) is -2.73. The van der Waals surface area contributed by atoms with Crippen LogP contribution in [0, 0.1) is 17.2 Å². The first-order valence-corrected chi connectivity index (χ1v) is 9.16. The Morgan fingerprint density at radius 1 is 1.39 bits per heavy atom. The Bertz CT molecular complexity index is 871. The van der Waals surface area contributed by atoms with E-state index in [2.05, 4.69) is 6.07 Å². The topological polar surface area (TPSA) is 131 Å². The van der Waals surface area contributed by atoms with E-state index in [-0.39, 0.29) is 41.4 Å². The number of nitriles is 1. The number of ether oxygens (including phenoxy) is 1. The first-order chi connectivity index (χ1) is 13.3. The molecule has 28 heavy (non-hydrogen) atoms. The molecule has 0 aromatic carbocycles. The van der Waals surface area contributed by atoms with Crippen molar-refractivity contribution in [3.05, 3.63) is 23.0 Å². The van der Waals surface area contributed by atoms with E-state index in [9.17, 15) is 29.9 Å². The number of hydrogen-bond donors (Lipinski definition) is 2. The number of fused-ring (bicyclic) bond motifs is 4. The van der Waals surface area contributed by atoms with Crippen LogP contribution in [0.5, 0.6) is 0 Å². The summed E-state index contributed by atoms with van der Waals surface area (Å²) >= 11 is 0. The lowest BCUT2D eigenvalue weighted by molar-refractivity contribution is -0.147. The van der Waals surface area contributed by atoms with Crippen molar-refractivity contribution in [1.82, 2.24) is 9.80 Å². The number of carbonyl (C=O) groups excluding carboxylic acids is 3. The second-order valence-corrected chi connectivity index (χ2v) is 7.69. The molecule has 9 nitrogen and oxygen atoms in total. The Kier molecular flexibility index (Phi) is 4.38. The van der Waals surface area contributed by atoms with E-state index in [4.69, 9.17) is 4.74 Å². The third kappa shape index (κ3) is 2.32. The van der Waals surface area contributed by atoms with E-state index >= 15 is 0 Å². The van der Waals surface area contributed by atoms with Gasteiger partial charge in [-0.05, 0) is 19.9 Å². The maximum absolute atomic E-state index is 12.5. The summed E-state index contributed by atoms with van der Waals surface area (Å²) in [5.41, 5.74) is 0.367. The molecule has 0 aromatic heterocycles. The zero-order valence-corrected chi connectivity index (χ0v) is 15.5. The zero-order chi connectivity index (χ0) is 20.3. The third-order valence-electron chi connectivity index (χ3n) is 6.65. The Labute approximate surface area is 161 Å². The fourth-order valence-corrected chi connectivity index (χ4v) is 5.55. The predicted octanol–water partition coefficient (Wildman–Crippen LogP) is -0.920. The van der Waals surface area contributed by atoms with Crippen LogP contribution in [0.4, 0.5) is 0 Å². The van der Waals surface area contributed by atoms with E-state index in [0.29, 0.717) is 6.42 Å². The van der Waals surface area contributed by atoms with Gasteiger partial charge in [-0.3, -0.25) is 24.2 Å². The lowest BCUT2D eigenvalue weighted by Crippen LogP contribution is -2.69. The van der Waals surface area contributed by atoms with Crippen LogP contribution in [-0.2, 0) is 19.1 Å². The molecule has 9 heteroatoms. The summed E-state index contributed by atoms with van der Waals surface area (Å²) in [6, 6.07) is -0.202. The van der Waals surface area contributed by atoms with E-state index < -0.39 is 42.2 Å². The first kappa shape index (κ1) is 18.8. The normalized spacial score (nSPS) is 37.9. The summed E-state index contributed by atoms with van der Waals surface area (Å²) < 4.78 is 4.96. The number of aliphatic hydroxyl groups excluding tert-OH is 2. The maximum atomic E-state index is 12.5. The van der Waals surface area contributed by atoms with Gasteiger partial charge in [-0.15, -0.1) is 0 Å². The van der Waals surface area contributed by atoms with Gasteiger partial charge in [-0.2, -0.15) is 5.26 Å². The molecule has 0 spiro atoms. The van der Waals surface area contributed by atoms with Crippen molar-refractivity contribution in [3.63, 3.8) is 0 Å². The Morgan fingerprint density at radius 2 is 2.11 bits per heavy atom. The van der Waals surface area contributed by atoms with Gasteiger partial charge >= 0.3 is 5.97 Å². The zero-order valence-electron chi connectivity index (χ0n) is 15.5. The van der Waals surface area contributed by atoms with Gasteiger partial charge in [0.1, 0.15) is 11.8 Å². The summed E-state index contributed by atoms with van der Waals surface area (Å²) in [6.45, 7) is -0.432. The van der Waals surface area contributed by atoms with Gasteiger partial charge in [0, 0.05) is 35.3 Å². The van der Waals surface area contributed by atoms with Crippen LogP contribution in [0.1, 0.15) is 12.8 Å². The summed E-state index contributed by atoms with van der Waals surface area (Å²) in [5, 5.41) is 30.3. The molecule has 148 valence electrons. The molecule has 0 amide bonds. The molecule has 4 rings (SSSR count). The number of likely N-dealkylation sites (N-methyl/N-ethyl adjacent to an activating group) is 1. The number of hydrogen-bond acceptors (Lipinski definition) is 9. The molecule has 3 heterocycles. The minimum absolute atomic E-state index is 0.113. The van der Waals surface area contributed by atoms with Gasteiger partial charge < -0.3 is 14.9 Å². The number of carbonyl (C=O) groups is 3. The van der Waals surface area contributed by atoms with E-state index in [1.807, 2.05) is 16.8 Å². The monoisotopic (exact) mass is 387 g/mol. The number of piperazine rings is 1. The number of rotatable bonds is 2. The number of esters is 1. The van der Waals surface area contributed by atoms with E-state index in [0.717, 1.165) is 6.08 Å². The predicted molar refractivity (Wildman–Crippen MR) is 93.7 cm³/mol. The molecule has 1 aliphatic carbocycles. The average molecular weight is 387 g/mol. The number of aliphatic hydroxyl groups is 2. The van der Waals surface area contributed by atoms with Crippen molar-refractivity contribution in [2.45, 2.75) is 43.1 Å². The number of nitrogens with zero attached hydrogens (tertiary/aromatic N) is 3. The highest BCUT2D eigenvalue weighted by Gasteiger charge is 2.61. The van der Waals surface area contributed by atoms with Gasteiger partial charge in [-0.25, -0.2) is 0 Å². The van der Waals surface area contributed by atoms with Crippen molar-refractivity contribution in [2.24, 2.45) is 5.92 Å². The molecular weight excluding hydrogens is 366 g/mol. The van der Waals surface area contributed by atoms with Crippen molar-refractivity contribution >= 4 is 17.5 Å². The minimum atomic E-state index is -0.809. The van der Waals surface area contributed by atoms with Gasteiger partial charge in [0.25, 0.3) is 0 Å². The quantitative estimate of drug-likeness (QED) is 0.351. The Balaban J connectivity index is 1.86. The molecule has 3 aliphatic heterocycles. The molecule has 6 atom stereocenters. The van der Waals surface area contributed by atoms with Gasteiger partial charge in [-0.1, -0.05) is 0 Å². The second kappa shape index (κ2) is 6.51. The Hall–Kier alpha value is -2.54. The number of Topliss-reactive ketones (excluding diaryl/α,β-unsaturated/α-hetero) is 1. The molecule has 0 radical (unpaired) electrons. The van der Waals surface area contributed by atoms with Crippen molar-refractivity contribution in [3.8, 4) is 6.07 Å². The fraction of sp³-hybridized carbons (Fsp3) is 0.579. The molecule has 2 N–H and O–H groups in total. The largest absolute Gasteiger partial charge is 0.507 e.